The number of hydrogen-bond donors (Lipinski definition) is 2. The largest absolute Gasteiger partial charge is 0.399 e. The van der Waals surface area contributed by atoms with Crippen LogP contribution in [0.3, 0.4) is 0 Å². The molecule has 3 rings (SSSR count). The first-order valence-corrected chi connectivity index (χ1v) is 8.23. The first-order chi connectivity index (χ1) is 11.6. The molecular weight excluding hydrogens is 341 g/mol. The van der Waals surface area contributed by atoms with Crippen LogP contribution in [-0.4, -0.2) is 29.9 Å². The third-order valence-corrected chi connectivity index (χ3v) is 4.39. The minimum Gasteiger partial charge on any atom is -0.399 e. The van der Waals surface area contributed by atoms with Crippen molar-refractivity contribution >= 4 is 24.0 Å². The van der Waals surface area contributed by atoms with Gasteiger partial charge in [0.25, 0.3) is 5.91 Å². The summed E-state index contributed by atoms with van der Waals surface area (Å²) < 4.78 is 12.9. The molecule has 1 heterocycles. The molecule has 1 aliphatic rings. The van der Waals surface area contributed by atoms with Crippen molar-refractivity contribution in [2.75, 3.05) is 18.8 Å². The Morgan fingerprint density at radius 3 is 2.48 bits per heavy atom. The number of nitrogens with two attached hydrogens (primary N) is 1. The van der Waals surface area contributed by atoms with Gasteiger partial charge in [-0.1, -0.05) is 12.1 Å². The lowest BCUT2D eigenvalue weighted by molar-refractivity contribution is 0.0909. The summed E-state index contributed by atoms with van der Waals surface area (Å²) in [5.74, 6) is -0.467. The maximum Gasteiger partial charge on any atom is 0.251 e. The van der Waals surface area contributed by atoms with E-state index in [1.54, 1.807) is 0 Å². The number of nitrogens with one attached hydrogen (secondary N) is 1. The average Bonchev–Trinajstić information content (AvgIpc) is 2.57. The molecule has 0 radical (unpaired) electrons. The van der Waals surface area contributed by atoms with Gasteiger partial charge in [-0.25, -0.2) is 4.39 Å². The zero-order valence-electron chi connectivity index (χ0n) is 14.0. The van der Waals surface area contributed by atoms with E-state index in [1.807, 2.05) is 18.2 Å². The van der Waals surface area contributed by atoms with Crippen LogP contribution in [0.25, 0.3) is 0 Å². The molecule has 1 saturated heterocycles. The standard InChI is InChI=1S/C19H22FN3O.ClH/c20-16-6-4-15(5-7-16)19(24)22-18-8-10-23(11-9-18)13-14-2-1-3-17(21)12-14;/h1-7,12,18H,8-11,13,21H2,(H,22,24);1H. The van der Waals surface area contributed by atoms with Gasteiger partial charge in [0, 0.05) is 36.9 Å². The lowest BCUT2D eigenvalue weighted by atomic mass is 10.0. The maximum absolute atomic E-state index is 12.9. The molecule has 0 atom stereocenters. The molecule has 0 spiro atoms. The van der Waals surface area contributed by atoms with E-state index in [0.717, 1.165) is 38.2 Å². The van der Waals surface area contributed by atoms with Crippen LogP contribution in [0.2, 0.25) is 0 Å². The highest BCUT2D eigenvalue weighted by atomic mass is 35.5. The molecule has 0 aromatic heterocycles. The number of halogens is 2. The molecule has 6 heteroatoms. The van der Waals surface area contributed by atoms with Gasteiger partial charge in [-0.15, -0.1) is 12.4 Å². The van der Waals surface area contributed by atoms with E-state index in [2.05, 4.69) is 16.3 Å². The summed E-state index contributed by atoms with van der Waals surface area (Å²) in [5, 5.41) is 3.04. The molecule has 2 aromatic rings. The molecule has 134 valence electrons. The predicted octanol–water partition coefficient (Wildman–Crippen LogP) is 3.22. The summed E-state index contributed by atoms with van der Waals surface area (Å²) in [4.78, 5) is 14.5. The summed E-state index contributed by atoms with van der Waals surface area (Å²) in [6, 6.07) is 13.8. The van der Waals surface area contributed by atoms with Crippen molar-refractivity contribution in [3.8, 4) is 0 Å². The van der Waals surface area contributed by atoms with Crippen LogP contribution in [-0.2, 0) is 6.54 Å². The predicted molar refractivity (Wildman–Crippen MR) is 100 cm³/mol. The van der Waals surface area contributed by atoms with Gasteiger partial charge in [0.05, 0.1) is 0 Å². The van der Waals surface area contributed by atoms with E-state index in [0.29, 0.717) is 5.56 Å². The summed E-state index contributed by atoms with van der Waals surface area (Å²) in [6.45, 7) is 2.75. The molecule has 0 saturated carbocycles. The molecule has 1 fully saturated rings. The molecular formula is C19H23ClFN3O. The van der Waals surface area contributed by atoms with E-state index in [1.165, 1.54) is 29.8 Å². The number of carbonyl (C=O) groups excluding carboxylic acids is 1. The second kappa shape index (κ2) is 8.83. The fourth-order valence-electron chi connectivity index (χ4n) is 3.06. The third-order valence-electron chi connectivity index (χ3n) is 4.39. The molecule has 0 bridgehead atoms. The molecule has 4 nitrogen and oxygen atoms in total. The molecule has 2 aromatic carbocycles. The van der Waals surface area contributed by atoms with E-state index in [4.69, 9.17) is 5.73 Å². The number of piperidine rings is 1. The second-order valence-corrected chi connectivity index (χ2v) is 6.28. The van der Waals surface area contributed by atoms with Gasteiger partial charge in [-0.2, -0.15) is 0 Å². The molecule has 25 heavy (non-hydrogen) atoms. The first kappa shape index (κ1) is 19.2. The number of benzene rings is 2. The summed E-state index contributed by atoms with van der Waals surface area (Å²) in [7, 11) is 0. The monoisotopic (exact) mass is 363 g/mol. The first-order valence-electron chi connectivity index (χ1n) is 8.23. The minimum atomic E-state index is -0.332. The van der Waals surface area contributed by atoms with Crippen molar-refractivity contribution in [1.82, 2.24) is 10.2 Å². The topological polar surface area (TPSA) is 58.4 Å². The molecule has 1 amide bonds. The van der Waals surface area contributed by atoms with Gasteiger partial charge in [0.15, 0.2) is 0 Å². The SMILES string of the molecule is Cl.Nc1cccc(CN2CCC(NC(=O)c3ccc(F)cc3)CC2)c1. The Hall–Kier alpha value is -2.11. The zero-order valence-corrected chi connectivity index (χ0v) is 14.8. The van der Waals surface area contributed by atoms with Gasteiger partial charge in [0.2, 0.25) is 0 Å². The van der Waals surface area contributed by atoms with E-state index < -0.39 is 0 Å². The van der Waals surface area contributed by atoms with Crippen LogP contribution < -0.4 is 11.1 Å². The van der Waals surface area contributed by atoms with Crippen molar-refractivity contribution in [3.05, 3.63) is 65.5 Å². The lowest BCUT2D eigenvalue weighted by Crippen LogP contribution is -2.44. The van der Waals surface area contributed by atoms with Crippen molar-refractivity contribution in [2.24, 2.45) is 0 Å². The number of carbonyl (C=O) groups is 1. The second-order valence-electron chi connectivity index (χ2n) is 6.28. The fraction of sp³-hybridized carbons (Fsp3) is 0.316. The normalized spacial score (nSPS) is 15.4. The van der Waals surface area contributed by atoms with Crippen LogP contribution in [0.15, 0.2) is 48.5 Å². The Kier molecular flexibility index (Phi) is 6.79. The molecule has 0 unspecified atom stereocenters. The summed E-state index contributed by atoms with van der Waals surface area (Å²) in [6.07, 6.45) is 1.82. The Labute approximate surface area is 153 Å². The Morgan fingerprint density at radius 2 is 1.84 bits per heavy atom. The zero-order chi connectivity index (χ0) is 16.9. The number of nitrogen functional groups attached to an aromatic ring is 1. The molecule has 3 N–H and O–H groups in total. The van der Waals surface area contributed by atoms with Crippen molar-refractivity contribution in [3.63, 3.8) is 0 Å². The van der Waals surface area contributed by atoms with Crippen molar-refractivity contribution in [1.29, 1.82) is 0 Å². The van der Waals surface area contributed by atoms with Gasteiger partial charge >= 0.3 is 0 Å². The van der Waals surface area contributed by atoms with Gasteiger partial charge in [-0.3, -0.25) is 9.69 Å². The van der Waals surface area contributed by atoms with Crippen LogP contribution in [0, 0.1) is 5.82 Å². The minimum absolute atomic E-state index is 0. The van der Waals surface area contributed by atoms with Gasteiger partial charge < -0.3 is 11.1 Å². The van der Waals surface area contributed by atoms with Crippen molar-refractivity contribution < 1.29 is 9.18 Å². The Balaban J connectivity index is 0.00000225. The average molecular weight is 364 g/mol. The quantitative estimate of drug-likeness (QED) is 0.820. The summed E-state index contributed by atoms with van der Waals surface area (Å²) in [5.41, 5.74) is 8.31. The number of hydrogen-bond acceptors (Lipinski definition) is 3. The highest BCUT2D eigenvalue weighted by Gasteiger charge is 2.21. The van der Waals surface area contributed by atoms with Crippen LogP contribution in [0.5, 0.6) is 0 Å². The number of nitrogens with zero attached hydrogens (tertiary/aromatic N) is 1. The summed E-state index contributed by atoms with van der Waals surface area (Å²) >= 11 is 0. The Morgan fingerprint density at radius 1 is 1.16 bits per heavy atom. The highest BCUT2D eigenvalue weighted by Crippen LogP contribution is 2.16. The number of anilines is 1. The van der Waals surface area contributed by atoms with E-state index in [-0.39, 0.29) is 30.2 Å². The number of rotatable bonds is 4. The fourth-order valence-corrected chi connectivity index (χ4v) is 3.06. The number of amides is 1. The number of likely N-dealkylation sites (tertiary alicyclic amines) is 1. The van der Waals surface area contributed by atoms with Crippen LogP contribution in [0.4, 0.5) is 10.1 Å². The van der Waals surface area contributed by atoms with Gasteiger partial charge in [0.1, 0.15) is 5.82 Å². The lowest BCUT2D eigenvalue weighted by Gasteiger charge is -2.32. The maximum atomic E-state index is 12.9. The van der Waals surface area contributed by atoms with Crippen LogP contribution >= 0.6 is 12.4 Å². The van der Waals surface area contributed by atoms with E-state index >= 15 is 0 Å². The Bertz CT molecular complexity index is 700. The van der Waals surface area contributed by atoms with E-state index in [9.17, 15) is 9.18 Å². The van der Waals surface area contributed by atoms with Crippen molar-refractivity contribution in [2.45, 2.75) is 25.4 Å². The molecule has 0 aliphatic carbocycles. The molecule has 1 aliphatic heterocycles. The highest BCUT2D eigenvalue weighted by molar-refractivity contribution is 5.94. The van der Waals surface area contributed by atoms with Gasteiger partial charge in [-0.05, 0) is 54.8 Å². The smallest absolute Gasteiger partial charge is 0.251 e. The van der Waals surface area contributed by atoms with Crippen LogP contribution in [0.1, 0.15) is 28.8 Å². The third kappa shape index (κ3) is 5.44.